The Morgan fingerprint density at radius 1 is 1.46 bits per heavy atom. The lowest BCUT2D eigenvalue weighted by molar-refractivity contribution is 0.133. The van der Waals surface area contributed by atoms with Gasteiger partial charge in [0, 0.05) is 24.1 Å². The zero-order valence-corrected chi connectivity index (χ0v) is 8.62. The molecule has 0 heterocycles. The predicted molar refractivity (Wildman–Crippen MR) is 49.8 cm³/mol. The Hall–Kier alpha value is -0.200. The Balaban J connectivity index is 0. The fourth-order valence-electron chi connectivity index (χ4n) is 0.528. The van der Waals surface area contributed by atoms with Crippen molar-refractivity contribution < 1.29 is 17.2 Å². The highest BCUT2D eigenvalue weighted by Crippen LogP contribution is 2.03. The molecule has 0 aliphatic carbocycles. The number of hydrogen-bond donors (Lipinski definition) is 1. The minimum absolute atomic E-state index is 0. The average Bonchev–Trinajstić information content (AvgIpc) is 1.80. The van der Waals surface area contributed by atoms with Crippen molar-refractivity contribution in [3.63, 3.8) is 0 Å². The molecule has 0 amide bonds. The highest BCUT2D eigenvalue weighted by molar-refractivity contribution is 7.93. The van der Waals surface area contributed by atoms with Crippen molar-refractivity contribution in [2.45, 2.75) is 18.9 Å². The number of nitrogens with two attached hydrogens (primary N) is 1. The molecule has 80 valence electrons. The van der Waals surface area contributed by atoms with Crippen molar-refractivity contribution in [3.8, 4) is 0 Å². The maximum absolute atomic E-state index is 11.6. The molecule has 0 fully saturated rings. The molecule has 0 spiro atoms. The van der Waals surface area contributed by atoms with Crippen LogP contribution in [0.15, 0.2) is 11.5 Å². The van der Waals surface area contributed by atoms with Gasteiger partial charge in [0.2, 0.25) is 6.43 Å². The van der Waals surface area contributed by atoms with Gasteiger partial charge in [0.15, 0.2) is 9.84 Å². The Morgan fingerprint density at radius 3 is 2.23 bits per heavy atom. The lowest BCUT2D eigenvalue weighted by atomic mass is 10.2. The van der Waals surface area contributed by atoms with Crippen LogP contribution in [0.4, 0.5) is 8.78 Å². The topological polar surface area (TPSA) is 60.2 Å². The molecule has 2 N–H and O–H groups in total. The molecule has 0 saturated carbocycles. The third-order valence-electron chi connectivity index (χ3n) is 1.02. The largest absolute Gasteiger partial charge is 0.324 e. The molecule has 3 nitrogen and oxygen atoms in total. The first-order valence-electron chi connectivity index (χ1n) is 3.23. The number of rotatable bonds is 4. The van der Waals surface area contributed by atoms with Gasteiger partial charge < -0.3 is 5.73 Å². The molecule has 0 saturated heterocycles. The van der Waals surface area contributed by atoms with Crippen LogP contribution in [0.2, 0.25) is 0 Å². The van der Waals surface area contributed by atoms with E-state index in [9.17, 15) is 17.2 Å². The molecule has 1 unspecified atom stereocenters. The standard InChI is InChI=1S/C6H11F2NO2S.ClH/c1-12(10,11)3-2-5(9)4-6(7)8;/h2-3,5-6H,4,9H2,1H3;1H. The molecule has 13 heavy (non-hydrogen) atoms. The van der Waals surface area contributed by atoms with Gasteiger partial charge in [-0.25, -0.2) is 17.2 Å². The van der Waals surface area contributed by atoms with Gasteiger partial charge in [-0.15, -0.1) is 12.4 Å². The van der Waals surface area contributed by atoms with E-state index < -0.39 is 28.7 Å². The second-order valence-electron chi connectivity index (χ2n) is 2.45. The molecule has 0 aromatic heterocycles. The summed E-state index contributed by atoms with van der Waals surface area (Å²) in [5.74, 6) is 0. The summed E-state index contributed by atoms with van der Waals surface area (Å²) in [7, 11) is -3.26. The van der Waals surface area contributed by atoms with Crippen molar-refractivity contribution in [1.29, 1.82) is 0 Å². The van der Waals surface area contributed by atoms with Crippen LogP contribution in [-0.4, -0.2) is 27.1 Å². The summed E-state index contributed by atoms with van der Waals surface area (Å²) in [6, 6.07) is -0.903. The smallest absolute Gasteiger partial charge is 0.240 e. The van der Waals surface area contributed by atoms with Crippen LogP contribution in [-0.2, 0) is 9.84 Å². The predicted octanol–water partition coefficient (Wildman–Crippen LogP) is 0.949. The number of alkyl halides is 2. The van der Waals surface area contributed by atoms with Crippen LogP contribution in [0.1, 0.15) is 6.42 Å². The Bertz CT molecular complexity index is 253. The molecule has 7 heteroatoms. The van der Waals surface area contributed by atoms with Gasteiger partial charge in [-0.3, -0.25) is 0 Å². The SMILES string of the molecule is CS(=O)(=O)C=CC(N)CC(F)F.Cl. The summed E-state index contributed by atoms with van der Waals surface area (Å²) >= 11 is 0. The first-order valence-corrected chi connectivity index (χ1v) is 5.18. The van der Waals surface area contributed by atoms with Crippen LogP contribution in [0.3, 0.4) is 0 Å². The van der Waals surface area contributed by atoms with Gasteiger partial charge >= 0.3 is 0 Å². The summed E-state index contributed by atoms with van der Waals surface area (Å²) in [6.07, 6.45) is -1.00. The molecule has 0 bridgehead atoms. The summed E-state index contributed by atoms with van der Waals surface area (Å²) in [6.45, 7) is 0. The molecule has 0 rings (SSSR count). The third kappa shape index (κ3) is 11.8. The quantitative estimate of drug-likeness (QED) is 0.789. The Kier molecular flexibility index (Phi) is 7.39. The molecule has 0 aromatic rings. The minimum atomic E-state index is -3.26. The molecule has 0 radical (unpaired) electrons. The fraction of sp³-hybridized carbons (Fsp3) is 0.667. The zero-order chi connectivity index (χ0) is 9.78. The van der Waals surface area contributed by atoms with Gasteiger partial charge in [0.05, 0.1) is 0 Å². The maximum atomic E-state index is 11.6. The van der Waals surface area contributed by atoms with Crippen LogP contribution < -0.4 is 5.73 Å². The lowest BCUT2D eigenvalue weighted by Crippen LogP contribution is -2.20. The van der Waals surface area contributed by atoms with Crippen LogP contribution in [0.5, 0.6) is 0 Å². The van der Waals surface area contributed by atoms with Gasteiger partial charge in [-0.1, -0.05) is 6.08 Å². The summed E-state index contributed by atoms with van der Waals surface area (Å²) in [5, 5.41) is 0.833. The monoisotopic (exact) mass is 235 g/mol. The molecular weight excluding hydrogens is 224 g/mol. The van der Waals surface area contributed by atoms with E-state index in [0.29, 0.717) is 0 Å². The first-order chi connectivity index (χ1) is 5.31. The van der Waals surface area contributed by atoms with Gasteiger partial charge in [0.25, 0.3) is 0 Å². The first kappa shape index (κ1) is 15.3. The van der Waals surface area contributed by atoms with Gasteiger partial charge in [-0.2, -0.15) is 0 Å². The van der Waals surface area contributed by atoms with Crippen molar-refractivity contribution in [2.24, 2.45) is 5.73 Å². The number of sulfone groups is 1. The molecule has 0 aliphatic heterocycles. The lowest BCUT2D eigenvalue weighted by Gasteiger charge is -2.03. The van der Waals surface area contributed by atoms with Crippen molar-refractivity contribution in [2.75, 3.05) is 6.26 Å². The third-order valence-corrected chi connectivity index (χ3v) is 1.67. The van der Waals surface area contributed by atoms with E-state index in [2.05, 4.69) is 0 Å². The van der Waals surface area contributed by atoms with E-state index in [4.69, 9.17) is 5.73 Å². The molecule has 0 aromatic carbocycles. The summed E-state index contributed by atoms with van der Waals surface area (Å²) < 4.78 is 44.3. The molecule has 1 atom stereocenters. The normalized spacial score (nSPS) is 14.5. The zero-order valence-electron chi connectivity index (χ0n) is 6.98. The second-order valence-corrected chi connectivity index (χ2v) is 4.38. The molecule has 0 aliphatic rings. The summed E-state index contributed by atoms with van der Waals surface area (Å²) in [4.78, 5) is 0. The van der Waals surface area contributed by atoms with E-state index in [1.807, 2.05) is 0 Å². The van der Waals surface area contributed by atoms with Crippen molar-refractivity contribution in [3.05, 3.63) is 11.5 Å². The van der Waals surface area contributed by atoms with E-state index in [1.54, 1.807) is 0 Å². The van der Waals surface area contributed by atoms with Crippen LogP contribution in [0, 0.1) is 0 Å². The van der Waals surface area contributed by atoms with E-state index in [0.717, 1.165) is 17.7 Å². The fourth-order valence-corrected chi connectivity index (χ4v) is 1.02. The Morgan fingerprint density at radius 2 is 1.92 bits per heavy atom. The maximum Gasteiger partial charge on any atom is 0.240 e. The Labute approximate surface area is 82.3 Å². The van der Waals surface area contributed by atoms with Gasteiger partial charge in [0.1, 0.15) is 0 Å². The highest BCUT2D eigenvalue weighted by atomic mass is 35.5. The molecular formula is C6H12ClF2NO2S. The number of hydrogen-bond acceptors (Lipinski definition) is 3. The number of halogens is 3. The minimum Gasteiger partial charge on any atom is -0.324 e. The van der Waals surface area contributed by atoms with E-state index in [1.165, 1.54) is 0 Å². The van der Waals surface area contributed by atoms with Crippen LogP contribution in [0.25, 0.3) is 0 Å². The van der Waals surface area contributed by atoms with Crippen molar-refractivity contribution >= 4 is 22.2 Å². The average molecular weight is 236 g/mol. The van der Waals surface area contributed by atoms with Crippen LogP contribution >= 0.6 is 12.4 Å². The van der Waals surface area contributed by atoms with E-state index in [-0.39, 0.29) is 12.4 Å². The van der Waals surface area contributed by atoms with Gasteiger partial charge in [-0.05, 0) is 0 Å². The second kappa shape index (κ2) is 6.28. The van der Waals surface area contributed by atoms with Crippen molar-refractivity contribution in [1.82, 2.24) is 0 Å². The van der Waals surface area contributed by atoms with E-state index >= 15 is 0 Å². The highest BCUT2D eigenvalue weighted by Gasteiger charge is 2.07. The summed E-state index contributed by atoms with van der Waals surface area (Å²) in [5.41, 5.74) is 5.15.